The Morgan fingerprint density at radius 1 is 1.00 bits per heavy atom. The van der Waals surface area contributed by atoms with E-state index in [1.165, 1.54) is 11.6 Å². The van der Waals surface area contributed by atoms with Crippen molar-refractivity contribution in [2.75, 3.05) is 12.4 Å². The molecular formula is C24H24N2O3. The number of anilines is 1. The van der Waals surface area contributed by atoms with Gasteiger partial charge in [0.15, 0.2) is 11.5 Å². The second kappa shape index (κ2) is 9.55. The molecule has 0 aliphatic rings. The van der Waals surface area contributed by atoms with Gasteiger partial charge in [0.1, 0.15) is 0 Å². The normalized spacial score (nSPS) is 10.9. The van der Waals surface area contributed by atoms with Crippen LogP contribution in [0.4, 0.5) is 5.69 Å². The van der Waals surface area contributed by atoms with Gasteiger partial charge in [-0.1, -0.05) is 50.2 Å². The first-order valence-electron chi connectivity index (χ1n) is 9.41. The number of ether oxygens (including phenoxy) is 2. The topological polar surface area (TPSA) is 60.5 Å². The lowest BCUT2D eigenvalue weighted by Crippen LogP contribution is -2.07. The summed E-state index contributed by atoms with van der Waals surface area (Å²) in [5, 5.41) is 2.79. The van der Waals surface area contributed by atoms with Gasteiger partial charge >= 0.3 is 0 Å². The van der Waals surface area contributed by atoms with E-state index < -0.39 is 0 Å². The zero-order valence-corrected chi connectivity index (χ0v) is 16.8. The van der Waals surface area contributed by atoms with Gasteiger partial charge < -0.3 is 14.8 Å². The standard InChI is InChI=1S/C24H24N2O3/c1-17(2)19-11-8-18(9-12-19)10-14-23(27)26-20-13-15-24(25-16-20)29-22-7-5-4-6-21(22)28-3/h4-17H,1-3H3,(H,26,27)/b14-10+. The van der Waals surface area contributed by atoms with E-state index in [0.717, 1.165) is 5.56 Å². The number of carbonyl (C=O) groups is 1. The Kier molecular flexibility index (Phi) is 6.63. The molecular weight excluding hydrogens is 364 g/mol. The molecule has 0 radical (unpaired) electrons. The van der Waals surface area contributed by atoms with Crippen molar-refractivity contribution in [1.82, 2.24) is 4.98 Å². The first-order chi connectivity index (χ1) is 14.0. The molecule has 2 aromatic carbocycles. The predicted molar refractivity (Wildman–Crippen MR) is 115 cm³/mol. The van der Waals surface area contributed by atoms with Crippen LogP contribution < -0.4 is 14.8 Å². The van der Waals surface area contributed by atoms with Crippen LogP contribution in [0.3, 0.4) is 0 Å². The van der Waals surface area contributed by atoms with Gasteiger partial charge in [-0.05, 0) is 41.3 Å². The summed E-state index contributed by atoms with van der Waals surface area (Å²) in [6, 6.07) is 18.9. The number of nitrogens with zero attached hydrogens (tertiary/aromatic N) is 1. The summed E-state index contributed by atoms with van der Waals surface area (Å²) in [7, 11) is 1.58. The molecule has 0 spiro atoms. The van der Waals surface area contributed by atoms with E-state index in [1.54, 1.807) is 37.6 Å². The van der Waals surface area contributed by atoms with Crippen molar-refractivity contribution in [2.45, 2.75) is 19.8 Å². The zero-order valence-electron chi connectivity index (χ0n) is 16.8. The van der Waals surface area contributed by atoms with Crippen LogP contribution in [0.5, 0.6) is 17.4 Å². The van der Waals surface area contributed by atoms with Crippen molar-refractivity contribution in [2.24, 2.45) is 0 Å². The van der Waals surface area contributed by atoms with Gasteiger partial charge in [-0.3, -0.25) is 4.79 Å². The number of para-hydroxylation sites is 2. The SMILES string of the molecule is COc1ccccc1Oc1ccc(NC(=O)/C=C/c2ccc(C(C)C)cc2)cn1. The summed E-state index contributed by atoms with van der Waals surface area (Å²) in [6.45, 7) is 4.30. The lowest BCUT2D eigenvalue weighted by atomic mass is 10.0. The minimum atomic E-state index is -0.224. The molecule has 0 aliphatic heterocycles. The van der Waals surface area contributed by atoms with E-state index in [1.807, 2.05) is 30.3 Å². The number of amides is 1. The first kappa shape index (κ1) is 20.1. The molecule has 1 aromatic heterocycles. The van der Waals surface area contributed by atoms with E-state index in [-0.39, 0.29) is 5.91 Å². The van der Waals surface area contributed by atoms with E-state index in [4.69, 9.17) is 9.47 Å². The summed E-state index contributed by atoms with van der Waals surface area (Å²) < 4.78 is 11.0. The highest BCUT2D eigenvalue weighted by Gasteiger charge is 2.06. The Balaban J connectivity index is 1.58. The van der Waals surface area contributed by atoms with Gasteiger partial charge in [-0.2, -0.15) is 0 Å². The highest BCUT2D eigenvalue weighted by atomic mass is 16.5. The van der Waals surface area contributed by atoms with Crippen LogP contribution >= 0.6 is 0 Å². The third-order valence-electron chi connectivity index (χ3n) is 4.32. The number of nitrogens with one attached hydrogen (secondary N) is 1. The smallest absolute Gasteiger partial charge is 0.248 e. The van der Waals surface area contributed by atoms with Crippen molar-refractivity contribution < 1.29 is 14.3 Å². The maximum atomic E-state index is 12.1. The number of hydrogen-bond donors (Lipinski definition) is 1. The average Bonchev–Trinajstić information content (AvgIpc) is 2.74. The molecule has 0 bridgehead atoms. The summed E-state index contributed by atoms with van der Waals surface area (Å²) in [5.74, 6) is 1.87. The van der Waals surface area contributed by atoms with Crippen molar-refractivity contribution in [3.8, 4) is 17.4 Å². The van der Waals surface area contributed by atoms with Gasteiger partial charge in [0.25, 0.3) is 0 Å². The third kappa shape index (κ3) is 5.69. The fraction of sp³-hybridized carbons (Fsp3) is 0.167. The van der Waals surface area contributed by atoms with E-state index >= 15 is 0 Å². The van der Waals surface area contributed by atoms with Crippen LogP contribution in [0.25, 0.3) is 6.08 Å². The van der Waals surface area contributed by atoms with Gasteiger partial charge in [0.2, 0.25) is 11.8 Å². The molecule has 29 heavy (non-hydrogen) atoms. The van der Waals surface area contributed by atoms with Gasteiger partial charge in [0.05, 0.1) is 19.0 Å². The Hall–Kier alpha value is -3.60. The summed E-state index contributed by atoms with van der Waals surface area (Å²) >= 11 is 0. The molecule has 0 saturated carbocycles. The Labute approximate surface area is 171 Å². The minimum Gasteiger partial charge on any atom is -0.493 e. The third-order valence-corrected chi connectivity index (χ3v) is 4.32. The molecule has 0 fully saturated rings. The van der Waals surface area contributed by atoms with Crippen molar-refractivity contribution in [3.63, 3.8) is 0 Å². The van der Waals surface area contributed by atoms with Crippen LogP contribution in [-0.4, -0.2) is 18.0 Å². The maximum Gasteiger partial charge on any atom is 0.248 e. The van der Waals surface area contributed by atoms with Crippen LogP contribution in [0.15, 0.2) is 72.9 Å². The fourth-order valence-electron chi connectivity index (χ4n) is 2.68. The van der Waals surface area contributed by atoms with Crippen LogP contribution in [-0.2, 0) is 4.79 Å². The second-order valence-electron chi connectivity index (χ2n) is 6.78. The number of carbonyl (C=O) groups excluding carboxylic acids is 1. The highest BCUT2D eigenvalue weighted by Crippen LogP contribution is 2.30. The Morgan fingerprint density at radius 2 is 1.72 bits per heavy atom. The number of pyridine rings is 1. The molecule has 5 heteroatoms. The van der Waals surface area contributed by atoms with Crippen LogP contribution in [0.2, 0.25) is 0 Å². The van der Waals surface area contributed by atoms with E-state index in [2.05, 4.69) is 36.3 Å². The van der Waals surface area contributed by atoms with Gasteiger partial charge in [0, 0.05) is 12.1 Å². The second-order valence-corrected chi connectivity index (χ2v) is 6.78. The average molecular weight is 388 g/mol. The van der Waals surface area contributed by atoms with Crippen LogP contribution in [0.1, 0.15) is 30.9 Å². The molecule has 1 heterocycles. The minimum absolute atomic E-state index is 0.224. The van der Waals surface area contributed by atoms with Gasteiger partial charge in [-0.25, -0.2) is 4.98 Å². The molecule has 3 aromatic rings. The lowest BCUT2D eigenvalue weighted by Gasteiger charge is -2.09. The van der Waals surface area contributed by atoms with E-state index in [9.17, 15) is 4.79 Å². The number of benzene rings is 2. The molecule has 1 N–H and O–H groups in total. The van der Waals surface area contributed by atoms with E-state index in [0.29, 0.717) is 29.0 Å². The molecule has 3 rings (SSSR count). The van der Waals surface area contributed by atoms with Crippen molar-refractivity contribution in [1.29, 1.82) is 0 Å². The Morgan fingerprint density at radius 3 is 2.34 bits per heavy atom. The molecule has 0 unspecified atom stereocenters. The summed E-state index contributed by atoms with van der Waals surface area (Å²) in [6.07, 6.45) is 4.84. The number of methoxy groups -OCH3 is 1. The summed E-state index contributed by atoms with van der Waals surface area (Å²) in [4.78, 5) is 16.4. The number of rotatable bonds is 7. The number of aromatic nitrogens is 1. The Bertz CT molecular complexity index is 978. The quantitative estimate of drug-likeness (QED) is 0.531. The fourth-order valence-corrected chi connectivity index (χ4v) is 2.68. The van der Waals surface area contributed by atoms with Crippen LogP contribution in [0, 0.1) is 0 Å². The van der Waals surface area contributed by atoms with Crippen molar-refractivity contribution >= 4 is 17.7 Å². The molecule has 5 nitrogen and oxygen atoms in total. The maximum absolute atomic E-state index is 12.1. The molecule has 0 saturated heterocycles. The largest absolute Gasteiger partial charge is 0.493 e. The molecule has 148 valence electrons. The first-order valence-corrected chi connectivity index (χ1v) is 9.41. The zero-order chi connectivity index (χ0) is 20.6. The lowest BCUT2D eigenvalue weighted by molar-refractivity contribution is -0.111. The predicted octanol–water partition coefficient (Wildman–Crippen LogP) is 5.66. The molecule has 0 aliphatic carbocycles. The molecule has 0 atom stereocenters. The monoisotopic (exact) mass is 388 g/mol. The number of hydrogen-bond acceptors (Lipinski definition) is 4. The molecule has 1 amide bonds. The van der Waals surface area contributed by atoms with Crippen molar-refractivity contribution in [3.05, 3.63) is 84.1 Å². The summed E-state index contributed by atoms with van der Waals surface area (Å²) in [5.41, 5.74) is 2.83. The highest BCUT2D eigenvalue weighted by molar-refractivity contribution is 6.01. The van der Waals surface area contributed by atoms with Gasteiger partial charge in [-0.15, -0.1) is 0 Å².